The van der Waals surface area contributed by atoms with Gasteiger partial charge in [-0.05, 0) is 172 Å². The molecule has 12 aromatic rings. The van der Waals surface area contributed by atoms with E-state index >= 15 is 0 Å². The first-order valence-electron chi connectivity index (χ1n) is 49.0. The predicted octanol–water partition coefficient (Wildman–Crippen LogP) is 27.9. The first-order chi connectivity index (χ1) is 64.3. The Balaban J connectivity index is 0.000000208. The fraction of sp³-hybridized carbons (Fsp3) is 0.447. The van der Waals surface area contributed by atoms with Crippen molar-refractivity contribution < 1.29 is 49.2 Å². The molecule has 133 heavy (non-hydrogen) atoms. The summed E-state index contributed by atoms with van der Waals surface area (Å²) < 4.78 is 28.9. The maximum atomic E-state index is 11.1. The van der Waals surface area contributed by atoms with Gasteiger partial charge in [0, 0.05) is 64.8 Å². The monoisotopic (exact) mass is 1800 g/mol. The quantitative estimate of drug-likeness (QED) is 0.0222. The van der Waals surface area contributed by atoms with Crippen LogP contribution in [-0.4, -0.2) is 129 Å². The van der Waals surface area contributed by atoms with Gasteiger partial charge in [0.25, 0.3) is 0 Å². The van der Waals surface area contributed by atoms with Gasteiger partial charge in [0.05, 0.1) is 36.5 Å². The summed E-state index contributed by atoms with van der Waals surface area (Å²) in [7, 11) is 0. The molecular formula is C114H147N9O10. The molecule has 708 valence electrons. The highest BCUT2D eigenvalue weighted by Crippen LogP contribution is 2.39. The van der Waals surface area contributed by atoms with Crippen molar-refractivity contribution in [2.24, 2.45) is 0 Å². The summed E-state index contributed by atoms with van der Waals surface area (Å²) in [4.78, 5) is 43.5. The van der Waals surface area contributed by atoms with E-state index in [9.17, 15) is 25.5 Å². The lowest BCUT2D eigenvalue weighted by atomic mass is 10.0. The fourth-order valence-corrected chi connectivity index (χ4v) is 16.5. The second-order valence-electron chi connectivity index (χ2n) is 36.3. The van der Waals surface area contributed by atoms with Crippen molar-refractivity contribution in [3.05, 3.63) is 231 Å². The van der Waals surface area contributed by atoms with Crippen LogP contribution in [0.5, 0.6) is 34.5 Å². The smallest absolute Gasteiger partial charge is 0.167 e. The molecule has 0 aliphatic carbocycles. The zero-order valence-electron chi connectivity index (χ0n) is 82.1. The molecule has 2 atom stereocenters. The summed E-state index contributed by atoms with van der Waals surface area (Å²) in [5.41, 5.74) is 20.5. The molecule has 0 spiro atoms. The van der Waals surface area contributed by atoms with Crippen LogP contribution in [0.4, 0.5) is 0 Å². The van der Waals surface area contributed by atoms with Gasteiger partial charge in [0.15, 0.2) is 52.4 Å². The third kappa shape index (κ3) is 33.4. The van der Waals surface area contributed by atoms with E-state index in [1.54, 1.807) is 30.3 Å². The number of phenols is 3. The van der Waals surface area contributed by atoms with Gasteiger partial charge in [-0.2, -0.15) is 0 Å². The topological polar surface area (TPSA) is 263 Å². The van der Waals surface area contributed by atoms with Gasteiger partial charge in [-0.15, -0.1) is 0 Å². The number of benzene rings is 9. The third-order valence-electron chi connectivity index (χ3n) is 24.1. The average Bonchev–Trinajstić information content (AvgIpc) is 0.789. The molecule has 19 heteroatoms. The van der Waals surface area contributed by atoms with Gasteiger partial charge in [0.1, 0.15) is 59.9 Å². The second-order valence-corrected chi connectivity index (χ2v) is 36.3. The second kappa shape index (κ2) is 54.7. The van der Waals surface area contributed by atoms with Gasteiger partial charge >= 0.3 is 0 Å². The van der Waals surface area contributed by atoms with Crippen LogP contribution >= 0.6 is 0 Å². The molecule has 3 aromatic heterocycles. The molecule has 0 aliphatic rings. The van der Waals surface area contributed by atoms with Crippen LogP contribution in [0.3, 0.4) is 0 Å². The van der Waals surface area contributed by atoms with Crippen LogP contribution < -0.4 is 14.2 Å². The molecule has 0 saturated carbocycles. The fourth-order valence-electron chi connectivity index (χ4n) is 16.5. The molecule has 2 unspecified atom stereocenters. The Labute approximate surface area is 792 Å². The highest BCUT2D eigenvalue weighted by atomic mass is 16.5. The van der Waals surface area contributed by atoms with Crippen LogP contribution in [0.1, 0.15) is 261 Å². The Kier molecular flexibility index (Phi) is 42.7. The number of aromatic nitrogens is 9. The minimum Gasteiger partial charge on any atom is -0.507 e. The molecule has 9 aromatic carbocycles. The van der Waals surface area contributed by atoms with E-state index in [-0.39, 0.29) is 43.7 Å². The molecule has 0 aliphatic heterocycles. The highest BCUT2D eigenvalue weighted by Gasteiger charge is 2.24. The van der Waals surface area contributed by atoms with Crippen molar-refractivity contribution in [2.45, 2.75) is 289 Å². The molecule has 0 saturated heterocycles. The van der Waals surface area contributed by atoms with E-state index < -0.39 is 12.2 Å². The molecule has 0 fully saturated rings. The predicted molar refractivity (Wildman–Crippen MR) is 542 cm³/mol. The zero-order valence-corrected chi connectivity index (χ0v) is 82.1. The number of ether oxygens (including phenoxy) is 5. The summed E-state index contributed by atoms with van der Waals surface area (Å²) >= 11 is 0. The number of unbranched alkanes of at least 4 members (excludes halogenated alkanes) is 24. The number of aryl methyl sites for hydroxylation is 12. The van der Waals surface area contributed by atoms with Gasteiger partial charge in [-0.25, -0.2) is 44.9 Å². The molecule has 12 rings (SSSR count). The van der Waals surface area contributed by atoms with Crippen molar-refractivity contribution in [1.29, 1.82) is 0 Å². The molecular weight excluding hydrogens is 1660 g/mol. The lowest BCUT2D eigenvalue weighted by Gasteiger charge is -2.14. The normalized spacial score (nSPS) is 11.7. The summed E-state index contributed by atoms with van der Waals surface area (Å²) in [6, 6.07) is 52.6. The van der Waals surface area contributed by atoms with Gasteiger partial charge in [-0.1, -0.05) is 317 Å². The highest BCUT2D eigenvalue weighted by molar-refractivity contribution is 5.76. The SMILES string of the molecule is CCCCCCCCCCCCCOCC(O)COc1ccc(-c2nc(-c3ccc(C)cc3C)nc(-c3ccc(C)cc3C)n2)c(O)c1.CCCCCCCCCCCCOCC(O)COc1ccc(-c2nc(-c3ccc(C)cc3C)nc(-c3ccc(C)cc3C)n2)c(O)c1.CCCCCCCCOc1ccc(-c2nc(-c3ccc(C)cc3C)nc(-c3ccc(C)cc3C)n2)c(O)c1. The minimum atomic E-state index is -0.760. The summed E-state index contributed by atoms with van der Waals surface area (Å²) in [6.07, 6.45) is 32.7. The van der Waals surface area contributed by atoms with E-state index in [2.05, 4.69) is 137 Å². The van der Waals surface area contributed by atoms with Crippen molar-refractivity contribution in [2.75, 3.05) is 46.2 Å². The van der Waals surface area contributed by atoms with E-state index in [4.69, 9.17) is 68.5 Å². The first-order valence-corrected chi connectivity index (χ1v) is 49.0. The van der Waals surface area contributed by atoms with Crippen molar-refractivity contribution in [3.63, 3.8) is 0 Å². The van der Waals surface area contributed by atoms with Gasteiger partial charge in [0.2, 0.25) is 0 Å². The Morgan fingerprint density at radius 2 is 0.398 bits per heavy atom. The molecule has 19 nitrogen and oxygen atoms in total. The summed E-state index contributed by atoms with van der Waals surface area (Å²) in [6.45, 7) is 33.9. The molecule has 0 amide bonds. The summed E-state index contributed by atoms with van der Waals surface area (Å²) in [5, 5.41) is 53.9. The number of aromatic hydroxyl groups is 3. The number of hydrogen-bond donors (Lipinski definition) is 5. The Bertz CT molecular complexity index is 5430. The maximum Gasteiger partial charge on any atom is 0.167 e. The zero-order chi connectivity index (χ0) is 95.0. The number of aliphatic hydroxyl groups is 2. The average molecular weight is 1800 g/mol. The van der Waals surface area contributed by atoms with E-state index in [1.165, 1.54) is 158 Å². The standard InChI is InChI=1S/C41H55N3O4.C40H53N3O4.C33H39N3O2/c1-6-7-8-9-10-11-12-13-14-15-16-23-47-27-33(45)28-48-34-19-22-37(38(46)26-34)41-43-39(35-20-17-29(2)24-31(35)4)42-40(44-41)36-21-18-30(3)25-32(36)5;1-6-7-8-9-10-11-12-13-14-15-22-46-26-32(44)27-47-33-18-21-36(37(45)25-33)40-42-38(34-19-16-28(2)23-30(34)4)41-39(43-40)35-20-17-29(3)24-31(35)5;1-6-7-8-9-10-11-18-38-26-14-17-29(30(37)21-26)33-35-31(27-15-12-22(2)19-24(27)4)34-32(36-33)28-16-13-23(3)20-25(28)5/h17-22,24-26,33,45-46H,6-16,23,27-28H2,1-5H3;16-21,23-25,32,44-45H,6-15,22,26-27H2,1-5H3;12-17,19-21,37H,6-11,18H2,1-5H3. The minimum absolute atomic E-state index is 0.0147. The van der Waals surface area contributed by atoms with Gasteiger partial charge in [-0.3, -0.25) is 0 Å². The first kappa shape index (κ1) is 104. The molecule has 5 N–H and O–H groups in total. The van der Waals surface area contributed by atoms with E-state index in [1.807, 2.05) is 88.4 Å². The largest absolute Gasteiger partial charge is 0.507 e. The van der Waals surface area contributed by atoms with E-state index in [0.717, 1.165) is 128 Å². The van der Waals surface area contributed by atoms with Crippen molar-refractivity contribution in [3.8, 4) is 137 Å². The van der Waals surface area contributed by atoms with E-state index in [0.29, 0.717) is 106 Å². The Morgan fingerprint density at radius 1 is 0.211 bits per heavy atom. The van der Waals surface area contributed by atoms with Gasteiger partial charge < -0.3 is 49.2 Å². The third-order valence-corrected chi connectivity index (χ3v) is 24.1. The Hall–Kier alpha value is -11.4. The Morgan fingerprint density at radius 3 is 0.609 bits per heavy atom. The summed E-state index contributed by atoms with van der Waals surface area (Å²) in [5.74, 6) is 6.13. The number of hydrogen-bond acceptors (Lipinski definition) is 19. The molecule has 0 radical (unpaired) electrons. The number of phenolic OH excluding ortho intramolecular Hbond substituents is 3. The van der Waals surface area contributed by atoms with Crippen LogP contribution in [-0.2, 0) is 9.47 Å². The lowest BCUT2D eigenvalue weighted by Crippen LogP contribution is -2.23. The van der Waals surface area contributed by atoms with Crippen molar-refractivity contribution >= 4 is 0 Å². The van der Waals surface area contributed by atoms with Crippen LogP contribution in [0.15, 0.2) is 164 Å². The number of aliphatic hydroxyl groups excluding tert-OH is 2. The lowest BCUT2D eigenvalue weighted by molar-refractivity contribution is 0.0109. The van der Waals surface area contributed by atoms with Crippen LogP contribution in [0.2, 0.25) is 0 Å². The molecule has 3 heterocycles. The molecule has 0 bridgehead atoms. The van der Waals surface area contributed by atoms with Crippen molar-refractivity contribution in [1.82, 2.24) is 44.9 Å². The van der Waals surface area contributed by atoms with Crippen LogP contribution in [0, 0.1) is 83.1 Å². The van der Waals surface area contributed by atoms with Crippen LogP contribution in [0.25, 0.3) is 102 Å². The number of rotatable bonds is 50. The number of nitrogens with zero attached hydrogens (tertiary/aromatic N) is 9. The maximum absolute atomic E-state index is 11.1.